The van der Waals surface area contributed by atoms with E-state index in [2.05, 4.69) is 15.1 Å². The first kappa shape index (κ1) is 17.5. The zero-order chi connectivity index (χ0) is 17.8. The summed E-state index contributed by atoms with van der Waals surface area (Å²) in [7, 11) is 0. The highest BCUT2D eigenvalue weighted by Gasteiger charge is 2.16. The van der Waals surface area contributed by atoms with Gasteiger partial charge < -0.3 is 15.2 Å². The third-order valence-electron chi connectivity index (χ3n) is 4.63. The molecule has 1 aliphatic carbocycles. The maximum absolute atomic E-state index is 11.3. The summed E-state index contributed by atoms with van der Waals surface area (Å²) in [6, 6.07) is 6.31. The van der Waals surface area contributed by atoms with Crippen molar-refractivity contribution < 1.29 is 14.6 Å². The summed E-state index contributed by atoms with van der Waals surface area (Å²) in [5.41, 5.74) is 2.56. The fraction of sp³-hybridized carbons (Fsp3) is 0.474. The highest BCUT2D eigenvalue weighted by Crippen LogP contribution is 2.30. The quantitative estimate of drug-likeness (QED) is 0.640. The number of rotatable bonds is 5. The molecule has 6 heteroatoms. The number of carbonyl (C=O) groups excluding carboxylic acids is 1. The van der Waals surface area contributed by atoms with E-state index in [4.69, 9.17) is 9.84 Å². The lowest BCUT2D eigenvalue weighted by Crippen LogP contribution is -2.14. The summed E-state index contributed by atoms with van der Waals surface area (Å²) >= 11 is 0. The van der Waals surface area contributed by atoms with Gasteiger partial charge in [0.05, 0.1) is 6.04 Å². The molecule has 1 aromatic heterocycles. The minimum absolute atomic E-state index is 0.498. The Morgan fingerprint density at radius 2 is 1.96 bits per heavy atom. The molecule has 0 spiro atoms. The molecule has 0 saturated heterocycles. The molecular formula is C19H25N3O3. The van der Waals surface area contributed by atoms with Gasteiger partial charge in [-0.05, 0) is 49.9 Å². The van der Waals surface area contributed by atoms with Crippen LogP contribution in [0.3, 0.4) is 0 Å². The predicted octanol–water partition coefficient (Wildman–Crippen LogP) is 3.65. The fourth-order valence-electron chi connectivity index (χ4n) is 3.43. The van der Waals surface area contributed by atoms with Gasteiger partial charge in [0, 0.05) is 18.0 Å². The molecule has 1 aromatic carbocycles. The van der Waals surface area contributed by atoms with Crippen LogP contribution < -0.4 is 10.1 Å². The van der Waals surface area contributed by atoms with E-state index in [-0.39, 0.29) is 0 Å². The van der Waals surface area contributed by atoms with Gasteiger partial charge in [-0.3, -0.25) is 4.68 Å². The minimum Gasteiger partial charge on any atom is -0.424 e. The molecule has 0 atom stereocenters. The van der Waals surface area contributed by atoms with E-state index in [1.54, 1.807) is 0 Å². The zero-order valence-corrected chi connectivity index (χ0v) is 14.8. The number of carbonyl (C=O) groups is 1. The molecule has 0 aliphatic heterocycles. The van der Waals surface area contributed by atoms with E-state index in [1.807, 2.05) is 38.2 Å². The highest BCUT2D eigenvalue weighted by atomic mass is 16.5. The number of hydrogen-bond acceptors (Lipinski definition) is 5. The molecule has 1 aliphatic rings. The van der Waals surface area contributed by atoms with Crippen molar-refractivity contribution in [1.29, 1.82) is 0 Å². The van der Waals surface area contributed by atoms with Crippen LogP contribution in [0.25, 0.3) is 0 Å². The molecule has 1 heterocycles. The molecule has 2 N–H and O–H groups in total. The van der Waals surface area contributed by atoms with Gasteiger partial charge >= 0.3 is 5.97 Å². The summed E-state index contributed by atoms with van der Waals surface area (Å²) in [6.45, 7) is 3.12. The van der Waals surface area contributed by atoms with E-state index in [0.29, 0.717) is 11.8 Å². The maximum atomic E-state index is 11.3. The van der Waals surface area contributed by atoms with E-state index in [1.165, 1.54) is 32.1 Å². The molecule has 0 unspecified atom stereocenters. The van der Waals surface area contributed by atoms with E-state index >= 15 is 0 Å². The van der Waals surface area contributed by atoms with Crippen LogP contribution in [-0.2, 0) is 4.79 Å². The fourth-order valence-corrected chi connectivity index (χ4v) is 3.43. The Morgan fingerprint density at radius 3 is 2.60 bits per heavy atom. The lowest BCUT2D eigenvalue weighted by atomic mass is 9.96. The summed E-state index contributed by atoms with van der Waals surface area (Å²) in [6.07, 6.45) is 8.32. The van der Waals surface area contributed by atoms with Crippen LogP contribution in [0, 0.1) is 13.8 Å². The average molecular weight is 343 g/mol. The minimum atomic E-state index is -0.655. The number of hydrogen-bond donors (Lipinski definition) is 2. The van der Waals surface area contributed by atoms with E-state index in [0.717, 1.165) is 22.6 Å². The normalized spacial score (nSPS) is 15.2. The van der Waals surface area contributed by atoms with Crippen LogP contribution >= 0.6 is 0 Å². The van der Waals surface area contributed by atoms with Gasteiger partial charge in [0.25, 0.3) is 0 Å². The maximum Gasteiger partial charge on any atom is 0.337 e. The van der Waals surface area contributed by atoms with E-state index in [9.17, 15) is 4.79 Å². The number of aliphatic hydroxyl groups is 1. The summed E-state index contributed by atoms with van der Waals surface area (Å²) in [4.78, 5) is 11.3. The first-order valence-corrected chi connectivity index (χ1v) is 8.82. The molecule has 1 saturated carbocycles. The van der Waals surface area contributed by atoms with Crippen LogP contribution in [0.2, 0.25) is 0 Å². The number of esters is 1. The summed E-state index contributed by atoms with van der Waals surface area (Å²) < 4.78 is 7.25. The second kappa shape index (κ2) is 7.70. The van der Waals surface area contributed by atoms with E-state index < -0.39 is 12.6 Å². The lowest BCUT2D eigenvalue weighted by molar-refractivity contribution is -0.137. The predicted molar refractivity (Wildman–Crippen MR) is 96.3 cm³/mol. The Labute approximate surface area is 147 Å². The SMILES string of the molecule is Cc1cc(Nc2ccn(C3CCCCC3)n2)cc(C)c1OC(=O)CO. The van der Waals surface area contributed by atoms with Crippen molar-refractivity contribution in [2.24, 2.45) is 0 Å². The van der Waals surface area contributed by atoms with Crippen molar-refractivity contribution in [1.82, 2.24) is 9.78 Å². The van der Waals surface area contributed by atoms with Crippen molar-refractivity contribution in [2.75, 3.05) is 11.9 Å². The lowest BCUT2D eigenvalue weighted by Gasteiger charge is -2.21. The molecular weight excluding hydrogens is 318 g/mol. The largest absolute Gasteiger partial charge is 0.424 e. The van der Waals surface area contributed by atoms with Gasteiger partial charge in [0.1, 0.15) is 12.4 Å². The van der Waals surface area contributed by atoms with Crippen LogP contribution in [0.15, 0.2) is 24.4 Å². The topological polar surface area (TPSA) is 76.4 Å². The molecule has 2 aromatic rings. The van der Waals surface area contributed by atoms with Gasteiger partial charge in [-0.1, -0.05) is 19.3 Å². The number of nitrogens with one attached hydrogen (secondary N) is 1. The van der Waals surface area contributed by atoms with Gasteiger partial charge in [0.2, 0.25) is 0 Å². The summed E-state index contributed by atoms with van der Waals surface area (Å²) in [5.74, 6) is 0.653. The molecule has 25 heavy (non-hydrogen) atoms. The first-order chi connectivity index (χ1) is 12.1. The van der Waals surface area contributed by atoms with Gasteiger partial charge in [-0.15, -0.1) is 0 Å². The molecule has 134 valence electrons. The first-order valence-electron chi connectivity index (χ1n) is 8.82. The number of aliphatic hydroxyl groups excluding tert-OH is 1. The second-order valence-electron chi connectivity index (χ2n) is 6.67. The summed E-state index contributed by atoms with van der Waals surface area (Å²) in [5, 5.41) is 16.8. The monoisotopic (exact) mass is 343 g/mol. The Kier molecular flexibility index (Phi) is 5.38. The highest BCUT2D eigenvalue weighted by molar-refractivity contribution is 5.75. The third kappa shape index (κ3) is 4.20. The van der Waals surface area contributed by atoms with Crippen molar-refractivity contribution >= 4 is 17.5 Å². The van der Waals surface area contributed by atoms with Crippen LogP contribution in [0.1, 0.15) is 49.3 Å². The van der Waals surface area contributed by atoms with Crippen LogP contribution in [0.5, 0.6) is 5.75 Å². The molecule has 0 amide bonds. The van der Waals surface area contributed by atoms with Crippen molar-refractivity contribution in [3.8, 4) is 5.75 Å². The van der Waals surface area contributed by atoms with Crippen molar-refractivity contribution in [3.63, 3.8) is 0 Å². The Hall–Kier alpha value is -2.34. The number of aryl methyl sites for hydroxylation is 2. The molecule has 1 fully saturated rings. The molecule has 0 radical (unpaired) electrons. The Balaban J connectivity index is 1.72. The van der Waals surface area contributed by atoms with Crippen molar-refractivity contribution in [2.45, 2.75) is 52.0 Å². The Morgan fingerprint density at radius 1 is 1.28 bits per heavy atom. The Bertz CT molecular complexity index is 725. The van der Waals surface area contributed by atoms with Crippen LogP contribution in [0.4, 0.5) is 11.5 Å². The average Bonchev–Trinajstić information content (AvgIpc) is 3.07. The standard InChI is InChI=1S/C19H25N3O3/c1-13-10-15(11-14(2)19(13)25-18(24)12-23)20-17-8-9-22(21-17)16-6-4-3-5-7-16/h8-11,16,23H,3-7,12H2,1-2H3,(H,20,21). The van der Waals surface area contributed by atoms with Crippen LogP contribution in [-0.4, -0.2) is 27.5 Å². The number of aromatic nitrogens is 2. The molecule has 0 bridgehead atoms. The van der Waals surface area contributed by atoms with Crippen molar-refractivity contribution in [3.05, 3.63) is 35.5 Å². The third-order valence-corrected chi connectivity index (χ3v) is 4.63. The smallest absolute Gasteiger partial charge is 0.337 e. The number of anilines is 2. The molecule has 3 rings (SSSR count). The van der Waals surface area contributed by atoms with Gasteiger partial charge in [-0.25, -0.2) is 4.79 Å². The zero-order valence-electron chi connectivity index (χ0n) is 14.8. The second-order valence-corrected chi connectivity index (χ2v) is 6.67. The van der Waals surface area contributed by atoms with Gasteiger partial charge in [-0.2, -0.15) is 5.10 Å². The van der Waals surface area contributed by atoms with Gasteiger partial charge in [0.15, 0.2) is 5.82 Å². The number of ether oxygens (including phenoxy) is 1. The molecule has 6 nitrogen and oxygen atoms in total. The number of benzene rings is 1. The number of nitrogens with zero attached hydrogens (tertiary/aromatic N) is 2.